The van der Waals surface area contributed by atoms with Crippen LogP contribution >= 0.6 is 17.0 Å². The van der Waals surface area contributed by atoms with E-state index in [9.17, 15) is 0 Å². The van der Waals surface area contributed by atoms with Crippen LogP contribution in [0.25, 0.3) is 17.2 Å². The Morgan fingerprint density at radius 1 is 1.08 bits per heavy atom. The van der Waals surface area contributed by atoms with Crippen molar-refractivity contribution in [2.24, 2.45) is 5.92 Å². The van der Waals surface area contributed by atoms with Crippen LogP contribution < -0.4 is 0 Å². The van der Waals surface area contributed by atoms with Crippen LogP contribution in [0.1, 0.15) is 53.1 Å². The Kier molecular flexibility index (Phi) is 6.30. The summed E-state index contributed by atoms with van der Waals surface area (Å²) in [6.07, 6.45) is 4.52. The second-order valence-electron chi connectivity index (χ2n) is 7.31. The van der Waals surface area contributed by atoms with Crippen LogP contribution in [0.15, 0.2) is 42.0 Å². The molecule has 2 aromatic carbocycles. The molecule has 25 heavy (non-hydrogen) atoms. The van der Waals surface area contributed by atoms with Crippen LogP contribution in [0.5, 0.6) is 0 Å². The van der Waals surface area contributed by atoms with E-state index in [0.29, 0.717) is 9.54 Å². The van der Waals surface area contributed by atoms with Gasteiger partial charge < -0.3 is 0 Å². The molecule has 1 unspecified atom stereocenters. The Labute approximate surface area is 167 Å². The van der Waals surface area contributed by atoms with Crippen LogP contribution in [0, 0.1) is 12.8 Å². The standard InChI is InChI=1S/C22H25.2ClH.Zr/c1-5-18-10-11-19-13-17(12-15(2)3)14-21(19)22(18)20-9-7-6-8-16(20)4;;;/h6-11,13-15H,5,12H2,1-4H3;2*1H;/q;;;+2/p-2. The van der Waals surface area contributed by atoms with Gasteiger partial charge in [0.15, 0.2) is 0 Å². The molecule has 0 aliphatic heterocycles. The summed E-state index contributed by atoms with van der Waals surface area (Å²) in [5.41, 5.74) is 9.64. The maximum absolute atomic E-state index is 6.61. The van der Waals surface area contributed by atoms with Gasteiger partial charge in [-0.25, -0.2) is 0 Å². The first-order valence-corrected chi connectivity index (χ1v) is 16.8. The van der Waals surface area contributed by atoms with E-state index >= 15 is 0 Å². The van der Waals surface area contributed by atoms with Crippen LogP contribution in [-0.4, -0.2) is 0 Å². The van der Waals surface area contributed by atoms with Gasteiger partial charge in [0.25, 0.3) is 0 Å². The first-order chi connectivity index (χ1) is 11.9. The predicted molar refractivity (Wildman–Crippen MR) is 108 cm³/mol. The number of allylic oxidation sites excluding steroid dienone is 1. The Morgan fingerprint density at radius 2 is 1.80 bits per heavy atom. The van der Waals surface area contributed by atoms with Gasteiger partial charge >= 0.3 is 168 Å². The molecule has 1 atom stereocenters. The summed E-state index contributed by atoms with van der Waals surface area (Å²) >= 11 is -2.45. The van der Waals surface area contributed by atoms with E-state index in [2.05, 4.69) is 70.2 Å². The molecule has 3 rings (SSSR count). The molecule has 0 N–H and O–H groups in total. The minimum absolute atomic E-state index is 0.303. The van der Waals surface area contributed by atoms with E-state index in [1.54, 1.807) is 0 Å². The third-order valence-corrected chi connectivity index (χ3v) is 10.4. The molecule has 2 aromatic rings. The van der Waals surface area contributed by atoms with E-state index in [1.165, 1.54) is 39.0 Å². The van der Waals surface area contributed by atoms with E-state index in [1.807, 2.05) is 0 Å². The zero-order chi connectivity index (χ0) is 18.1. The molecule has 1 aliphatic rings. The number of hydrogen-bond acceptors (Lipinski definition) is 0. The van der Waals surface area contributed by atoms with E-state index in [4.69, 9.17) is 17.0 Å². The molecule has 0 saturated carbocycles. The summed E-state index contributed by atoms with van der Waals surface area (Å²) < 4.78 is 0.303. The van der Waals surface area contributed by atoms with Crippen LogP contribution in [0.4, 0.5) is 0 Å². The van der Waals surface area contributed by atoms with Crippen molar-refractivity contribution in [2.75, 3.05) is 0 Å². The molecule has 0 saturated heterocycles. The number of fused-ring (bicyclic) bond motifs is 1. The second kappa shape index (κ2) is 8.12. The predicted octanol–water partition coefficient (Wildman–Crippen LogP) is 7.63. The molecular formula is C22H25Cl2Zr. The van der Waals surface area contributed by atoms with Crippen molar-refractivity contribution in [3.05, 3.63) is 64.2 Å². The summed E-state index contributed by atoms with van der Waals surface area (Å²) in [7, 11) is 13.2. The van der Waals surface area contributed by atoms with Gasteiger partial charge in [0.2, 0.25) is 0 Å². The van der Waals surface area contributed by atoms with Crippen LogP contribution in [0.3, 0.4) is 0 Å². The normalized spacial score (nSPS) is 16.1. The number of rotatable bonds is 5. The second-order valence-corrected chi connectivity index (χ2v) is 16.1. The van der Waals surface area contributed by atoms with Crippen molar-refractivity contribution in [2.45, 2.75) is 44.2 Å². The zero-order valence-corrected chi connectivity index (χ0v) is 19.3. The molecule has 0 amide bonds. The third kappa shape index (κ3) is 3.85. The molecule has 3 heteroatoms. The average molecular weight is 452 g/mol. The summed E-state index contributed by atoms with van der Waals surface area (Å²) in [6, 6.07) is 13.3. The number of benzene rings is 2. The van der Waals surface area contributed by atoms with Crippen molar-refractivity contribution in [3.8, 4) is 11.1 Å². The van der Waals surface area contributed by atoms with Crippen LogP contribution in [-0.2, 0) is 25.8 Å². The summed E-state index contributed by atoms with van der Waals surface area (Å²) in [6.45, 7) is 8.97. The fourth-order valence-corrected chi connectivity index (χ4v) is 9.36. The number of halogens is 2. The fraction of sp³-hybridized carbons (Fsp3) is 0.364. The zero-order valence-electron chi connectivity index (χ0n) is 15.4. The summed E-state index contributed by atoms with van der Waals surface area (Å²) in [5.74, 6) is 0.617. The molecule has 0 spiro atoms. The van der Waals surface area contributed by atoms with Gasteiger partial charge in [0, 0.05) is 0 Å². The Morgan fingerprint density at radius 3 is 2.40 bits per heavy atom. The average Bonchev–Trinajstić information content (AvgIpc) is 2.91. The van der Waals surface area contributed by atoms with E-state index in [-0.39, 0.29) is 0 Å². The Hall–Kier alpha value is -0.357. The van der Waals surface area contributed by atoms with Crippen molar-refractivity contribution in [3.63, 3.8) is 0 Å². The van der Waals surface area contributed by atoms with Gasteiger partial charge in [-0.3, -0.25) is 0 Å². The molecular weight excluding hydrogens is 426 g/mol. The summed E-state index contributed by atoms with van der Waals surface area (Å²) in [5, 5.41) is 0. The topological polar surface area (TPSA) is 0 Å². The fourth-order valence-electron chi connectivity index (χ4n) is 3.93. The molecule has 0 fully saturated rings. The SMILES string of the molecule is CCc1ccc2c(c1-c1ccccc1C)C=C(CC(C)C)[CH]2[Zr]([Cl])[Cl]. The first-order valence-electron chi connectivity index (χ1n) is 9.04. The summed E-state index contributed by atoms with van der Waals surface area (Å²) in [4.78, 5) is 0. The quantitative estimate of drug-likeness (QED) is 0.438. The molecule has 0 bridgehead atoms. The first kappa shape index (κ1) is 19.4. The molecule has 1 aliphatic carbocycles. The molecule has 0 radical (unpaired) electrons. The van der Waals surface area contributed by atoms with Gasteiger partial charge in [0.05, 0.1) is 0 Å². The van der Waals surface area contributed by atoms with Gasteiger partial charge in [0.1, 0.15) is 0 Å². The van der Waals surface area contributed by atoms with Crippen molar-refractivity contribution in [1.82, 2.24) is 0 Å². The third-order valence-electron chi connectivity index (χ3n) is 5.03. The molecule has 0 nitrogen and oxygen atoms in total. The van der Waals surface area contributed by atoms with Gasteiger partial charge in [-0.15, -0.1) is 0 Å². The van der Waals surface area contributed by atoms with Crippen molar-refractivity contribution in [1.29, 1.82) is 0 Å². The maximum atomic E-state index is 6.61. The molecule has 0 aromatic heterocycles. The Balaban J connectivity index is 2.25. The van der Waals surface area contributed by atoms with Crippen molar-refractivity contribution < 1.29 is 19.4 Å². The van der Waals surface area contributed by atoms with E-state index in [0.717, 1.165) is 12.8 Å². The Bertz CT molecular complexity index is 806. The van der Waals surface area contributed by atoms with Crippen molar-refractivity contribution >= 4 is 23.1 Å². The van der Waals surface area contributed by atoms with Gasteiger partial charge in [-0.1, -0.05) is 0 Å². The van der Waals surface area contributed by atoms with Gasteiger partial charge in [-0.2, -0.15) is 0 Å². The number of aryl methyl sites for hydroxylation is 2. The van der Waals surface area contributed by atoms with Gasteiger partial charge in [-0.05, 0) is 0 Å². The van der Waals surface area contributed by atoms with E-state index < -0.39 is 19.4 Å². The monoisotopic (exact) mass is 449 g/mol. The molecule has 131 valence electrons. The van der Waals surface area contributed by atoms with Crippen LogP contribution in [0.2, 0.25) is 0 Å². The number of hydrogen-bond donors (Lipinski definition) is 0. The molecule has 0 heterocycles. The minimum atomic E-state index is -2.45.